The van der Waals surface area contributed by atoms with E-state index in [0.717, 1.165) is 60.7 Å². The molecule has 2 nitrogen and oxygen atoms in total. The van der Waals surface area contributed by atoms with Gasteiger partial charge in [0.15, 0.2) is 0 Å². The van der Waals surface area contributed by atoms with Gasteiger partial charge in [0.1, 0.15) is 6.10 Å². The molecule has 2 heteroatoms. The van der Waals surface area contributed by atoms with Gasteiger partial charge in [0.05, 0.1) is 0 Å². The number of unbranched alkanes of at least 4 members (excludes halogenated alkanes) is 13. The van der Waals surface area contributed by atoms with Crippen LogP contribution >= 0.6 is 0 Å². The van der Waals surface area contributed by atoms with Crippen LogP contribution in [-0.4, -0.2) is 12.1 Å². The lowest BCUT2D eigenvalue weighted by Gasteiger charge is -2.58. The van der Waals surface area contributed by atoms with Gasteiger partial charge < -0.3 is 4.74 Å². The van der Waals surface area contributed by atoms with Crippen LogP contribution in [0.25, 0.3) is 0 Å². The number of esters is 1. The summed E-state index contributed by atoms with van der Waals surface area (Å²) in [5.41, 5.74) is 2.51. The van der Waals surface area contributed by atoms with E-state index in [9.17, 15) is 4.79 Å². The first-order valence-corrected chi connectivity index (χ1v) is 22.6. The minimum absolute atomic E-state index is 0.0583. The number of rotatable bonds is 23. The Balaban J connectivity index is 1.09. The Labute approximate surface area is 312 Å². The van der Waals surface area contributed by atoms with Gasteiger partial charge in [-0.3, -0.25) is 4.79 Å². The number of carbonyl (C=O) groups excluding carboxylic acids is 1. The van der Waals surface area contributed by atoms with Crippen molar-refractivity contribution in [1.82, 2.24) is 0 Å². The number of allylic oxidation sites excluding steroid dienone is 3. The van der Waals surface area contributed by atoms with Crippen LogP contribution in [0.2, 0.25) is 0 Å². The first-order chi connectivity index (χ1) is 24.1. The molecule has 0 N–H and O–H groups in total. The fourth-order valence-corrected chi connectivity index (χ4v) is 11.7. The predicted octanol–water partition coefficient (Wildman–Crippen LogP) is 15.0. The summed E-state index contributed by atoms with van der Waals surface area (Å²) in [6.07, 6.45) is 40.9. The normalized spacial score (nSPS) is 32.0. The molecule has 3 saturated carbocycles. The summed E-state index contributed by atoms with van der Waals surface area (Å²) in [6.45, 7) is 17.5. The van der Waals surface area contributed by atoms with Crippen LogP contribution in [0, 0.1) is 52.3 Å². The number of hydrogen-bond acceptors (Lipinski definition) is 2. The molecule has 3 fully saturated rings. The lowest BCUT2D eigenvalue weighted by molar-refractivity contribution is -0.151. The van der Waals surface area contributed by atoms with Crippen LogP contribution in [0.4, 0.5) is 0 Å². The highest BCUT2D eigenvalue weighted by Crippen LogP contribution is 2.67. The molecule has 0 unspecified atom stereocenters. The fourth-order valence-electron chi connectivity index (χ4n) is 11.7. The average Bonchev–Trinajstić information content (AvgIpc) is 3.45. The average molecular weight is 693 g/mol. The van der Waals surface area contributed by atoms with E-state index in [1.54, 1.807) is 5.57 Å². The van der Waals surface area contributed by atoms with Crippen molar-refractivity contribution in [2.45, 2.75) is 222 Å². The molecule has 0 spiro atoms. The molecule has 0 bridgehead atoms. The minimum Gasteiger partial charge on any atom is -0.462 e. The molecule has 0 heterocycles. The molecule has 4 aliphatic carbocycles. The van der Waals surface area contributed by atoms with Crippen LogP contribution in [0.1, 0.15) is 215 Å². The second kappa shape index (κ2) is 21.0. The third kappa shape index (κ3) is 11.5. The van der Waals surface area contributed by atoms with Crippen molar-refractivity contribution in [1.29, 1.82) is 0 Å². The first kappa shape index (κ1) is 41.7. The van der Waals surface area contributed by atoms with Crippen LogP contribution < -0.4 is 0 Å². The minimum atomic E-state index is 0.0583. The van der Waals surface area contributed by atoms with E-state index in [0.29, 0.717) is 17.3 Å². The summed E-state index contributed by atoms with van der Waals surface area (Å²) in [7, 11) is 0. The van der Waals surface area contributed by atoms with Crippen molar-refractivity contribution in [3.63, 3.8) is 0 Å². The fraction of sp³-hybridized carbons (Fsp3) is 0.896. The second-order valence-corrected chi connectivity index (χ2v) is 19.2. The lowest BCUT2D eigenvalue weighted by atomic mass is 9.47. The van der Waals surface area contributed by atoms with Gasteiger partial charge in [-0.15, -0.1) is 0 Å². The van der Waals surface area contributed by atoms with Gasteiger partial charge in [0.2, 0.25) is 0 Å². The Hall–Kier alpha value is -1.05. The Morgan fingerprint density at radius 2 is 1.42 bits per heavy atom. The van der Waals surface area contributed by atoms with Gasteiger partial charge in [0.25, 0.3) is 0 Å². The summed E-state index contributed by atoms with van der Waals surface area (Å²) in [6, 6.07) is 0. The first-order valence-electron chi connectivity index (χ1n) is 22.6. The van der Waals surface area contributed by atoms with Crippen LogP contribution in [-0.2, 0) is 9.53 Å². The van der Waals surface area contributed by atoms with Gasteiger partial charge >= 0.3 is 5.97 Å². The summed E-state index contributed by atoms with van der Waals surface area (Å²) in [5, 5.41) is 0. The molecule has 0 aromatic heterocycles. The van der Waals surface area contributed by atoms with Crippen molar-refractivity contribution < 1.29 is 9.53 Å². The third-order valence-corrected chi connectivity index (χ3v) is 15.5. The molecule has 0 amide bonds. The Kier molecular flexibility index (Phi) is 17.5. The van der Waals surface area contributed by atoms with E-state index in [1.165, 1.54) is 141 Å². The smallest absolute Gasteiger partial charge is 0.306 e. The van der Waals surface area contributed by atoms with Crippen molar-refractivity contribution in [3.05, 3.63) is 23.8 Å². The van der Waals surface area contributed by atoms with Crippen molar-refractivity contribution in [2.24, 2.45) is 52.3 Å². The number of ether oxygens (including phenoxy) is 1. The van der Waals surface area contributed by atoms with E-state index < -0.39 is 0 Å². The molecule has 4 aliphatic rings. The zero-order valence-electron chi connectivity index (χ0n) is 34.6. The Morgan fingerprint density at radius 3 is 2.08 bits per heavy atom. The molecule has 0 aromatic rings. The quantitative estimate of drug-likeness (QED) is 0.0605. The Morgan fingerprint density at radius 1 is 0.780 bits per heavy atom. The molecule has 288 valence electrons. The van der Waals surface area contributed by atoms with Crippen LogP contribution in [0.15, 0.2) is 23.8 Å². The monoisotopic (exact) mass is 693 g/mol. The van der Waals surface area contributed by atoms with Gasteiger partial charge in [-0.25, -0.2) is 0 Å². The number of hydrogen-bond donors (Lipinski definition) is 0. The van der Waals surface area contributed by atoms with Gasteiger partial charge in [-0.05, 0) is 129 Å². The molecular formula is C48H84O2. The highest BCUT2D eigenvalue weighted by molar-refractivity contribution is 5.69. The highest BCUT2D eigenvalue weighted by Gasteiger charge is 2.59. The summed E-state index contributed by atoms with van der Waals surface area (Å²) < 4.78 is 6.14. The zero-order chi connectivity index (χ0) is 36.0. The molecule has 4 rings (SSSR count). The molecule has 0 radical (unpaired) electrons. The number of fused-ring (bicyclic) bond motifs is 5. The maximum atomic E-state index is 12.9. The lowest BCUT2D eigenvalue weighted by Crippen LogP contribution is -2.51. The third-order valence-electron chi connectivity index (χ3n) is 15.5. The van der Waals surface area contributed by atoms with Gasteiger partial charge in [-0.2, -0.15) is 0 Å². The van der Waals surface area contributed by atoms with Gasteiger partial charge in [-0.1, -0.05) is 149 Å². The van der Waals surface area contributed by atoms with Crippen LogP contribution in [0.3, 0.4) is 0 Å². The highest BCUT2D eigenvalue weighted by atomic mass is 16.5. The van der Waals surface area contributed by atoms with E-state index >= 15 is 0 Å². The standard InChI is InChI=1S/C48H84O2/c1-8-9-10-11-12-13-14-15-16-17-18-19-20-21-22-23-24-25-46(49)50-41-32-34-47(6)40(36-41)28-29-42-44-31-30-43(48(44,7)35-33-45(42)47)39(5)27-26-38(4)37(2)3/h15-16,28,37-39,41-45H,8-14,17-27,29-36H2,1-7H3/b16-15-/t38-,39-,41+,42+,43-,44+,45+,47+,48-/m1/s1. The molecule has 0 aromatic carbocycles. The second-order valence-electron chi connectivity index (χ2n) is 19.2. The summed E-state index contributed by atoms with van der Waals surface area (Å²) in [4.78, 5) is 12.9. The molecule has 0 saturated heterocycles. The van der Waals surface area contributed by atoms with E-state index in [4.69, 9.17) is 4.74 Å². The molecular weight excluding hydrogens is 609 g/mol. The van der Waals surface area contributed by atoms with Crippen molar-refractivity contribution in [2.75, 3.05) is 0 Å². The van der Waals surface area contributed by atoms with E-state index in [-0.39, 0.29) is 12.1 Å². The SMILES string of the molecule is CCCCCCCC/C=C\CCCCCCCCCC(=O)O[C@H]1CC[C@@]2(C)C(=CC[C@H]3[C@@H]4CC[C@H]([C@H](C)CC[C@@H](C)C(C)C)[C@@]4(C)CC[C@@H]32)C1. The van der Waals surface area contributed by atoms with Gasteiger partial charge in [0, 0.05) is 12.8 Å². The maximum Gasteiger partial charge on any atom is 0.306 e. The topological polar surface area (TPSA) is 26.3 Å². The zero-order valence-corrected chi connectivity index (χ0v) is 34.6. The van der Waals surface area contributed by atoms with Crippen molar-refractivity contribution in [3.8, 4) is 0 Å². The molecule has 9 atom stereocenters. The largest absolute Gasteiger partial charge is 0.462 e. The van der Waals surface area contributed by atoms with E-state index in [1.807, 2.05) is 0 Å². The number of carbonyl (C=O) groups is 1. The molecule has 50 heavy (non-hydrogen) atoms. The summed E-state index contributed by atoms with van der Waals surface area (Å²) in [5.74, 6) is 6.09. The van der Waals surface area contributed by atoms with Crippen LogP contribution in [0.5, 0.6) is 0 Å². The predicted molar refractivity (Wildman–Crippen MR) is 216 cm³/mol. The summed E-state index contributed by atoms with van der Waals surface area (Å²) >= 11 is 0. The van der Waals surface area contributed by atoms with Crippen molar-refractivity contribution >= 4 is 5.97 Å². The van der Waals surface area contributed by atoms with E-state index in [2.05, 4.69) is 66.7 Å². The molecule has 0 aliphatic heterocycles. The maximum absolute atomic E-state index is 12.9. The Bertz CT molecular complexity index is 1040.